The number of nitrogen functional groups attached to an aromatic ring is 1. The number of benzene rings is 2. The lowest BCUT2D eigenvalue weighted by atomic mass is 10.2. The Balaban J connectivity index is 1.28. The summed E-state index contributed by atoms with van der Waals surface area (Å²) in [6.07, 6.45) is 0.662. The molecule has 3 N–H and O–H groups in total. The van der Waals surface area contributed by atoms with Gasteiger partial charge in [-0.3, -0.25) is 4.79 Å². The topological polar surface area (TPSA) is 95.7 Å². The Bertz CT molecular complexity index is 990. The number of aromatic nitrogens is 1. The molecule has 0 spiro atoms. The Morgan fingerprint density at radius 3 is 2.96 bits per heavy atom. The second-order valence-electron chi connectivity index (χ2n) is 6.09. The van der Waals surface area contributed by atoms with E-state index in [2.05, 4.69) is 10.3 Å². The highest BCUT2D eigenvalue weighted by Gasteiger charge is 2.15. The minimum Gasteiger partial charge on any atom is -0.491 e. The van der Waals surface area contributed by atoms with Gasteiger partial charge in [-0.05, 0) is 42.8 Å². The maximum absolute atomic E-state index is 12.2. The van der Waals surface area contributed by atoms with E-state index >= 15 is 0 Å². The summed E-state index contributed by atoms with van der Waals surface area (Å²) in [6.45, 7) is 1.14. The fraction of sp³-hybridized carbons (Fsp3) is 0.200. The Morgan fingerprint density at radius 1 is 1.15 bits per heavy atom. The SMILES string of the molecule is Nc1ccc2cccc(OCCCNC(=O)c3ccc4c(c3)OCO4)c2n1. The molecule has 1 amide bonds. The number of fused-ring (bicyclic) bond motifs is 2. The molecule has 2 heterocycles. The van der Waals surface area contributed by atoms with Gasteiger partial charge in [0.15, 0.2) is 11.5 Å². The first-order chi connectivity index (χ1) is 13.2. The summed E-state index contributed by atoms with van der Waals surface area (Å²) >= 11 is 0. The molecule has 1 aliphatic rings. The molecule has 1 aromatic heterocycles. The molecule has 0 bridgehead atoms. The normalized spacial score (nSPS) is 12.1. The molecule has 0 radical (unpaired) electrons. The van der Waals surface area contributed by atoms with Crippen molar-refractivity contribution in [3.63, 3.8) is 0 Å². The largest absolute Gasteiger partial charge is 0.491 e. The summed E-state index contributed by atoms with van der Waals surface area (Å²) < 4.78 is 16.3. The van der Waals surface area contributed by atoms with Crippen molar-refractivity contribution in [3.05, 3.63) is 54.1 Å². The zero-order valence-electron chi connectivity index (χ0n) is 14.6. The van der Waals surface area contributed by atoms with Crippen molar-refractivity contribution in [2.24, 2.45) is 0 Å². The minimum atomic E-state index is -0.159. The first kappa shape index (κ1) is 17.0. The van der Waals surface area contributed by atoms with Crippen LogP contribution in [0.2, 0.25) is 0 Å². The first-order valence-corrected chi connectivity index (χ1v) is 8.66. The zero-order valence-corrected chi connectivity index (χ0v) is 14.6. The van der Waals surface area contributed by atoms with Crippen molar-refractivity contribution < 1.29 is 19.0 Å². The van der Waals surface area contributed by atoms with Crippen LogP contribution >= 0.6 is 0 Å². The summed E-state index contributed by atoms with van der Waals surface area (Å²) in [5.41, 5.74) is 7.03. The number of nitrogens with two attached hydrogens (primary N) is 1. The third-order valence-electron chi connectivity index (χ3n) is 4.20. The van der Waals surface area contributed by atoms with E-state index in [9.17, 15) is 4.79 Å². The molecule has 7 heteroatoms. The fourth-order valence-corrected chi connectivity index (χ4v) is 2.85. The van der Waals surface area contributed by atoms with Gasteiger partial charge >= 0.3 is 0 Å². The van der Waals surface area contributed by atoms with Gasteiger partial charge in [0.05, 0.1) is 6.61 Å². The summed E-state index contributed by atoms with van der Waals surface area (Å²) in [4.78, 5) is 16.5. The number of anilines is 1. The molecule has 0 saturated carbocycles. The molecule has 138 valence electrons. The summed E-state index contributed by atoms with van der Waals surface area (Å²) in [7, 11) is 0. The van der Waals surface area contributed by atoms with E-state index in [1.165, 1.54) is 0 Å². The van der Waals surface area contributed by atoms with Crippen LogP contribution in [0.15, 0.2) is 48.5 Å². The second kappa shape index (κ2) is 7.41. The first-order valence-electron chi connectivity index (χ1n) is 8.66. The molecule has 0 atom stereocenters. The van der Waals surface area contributed by atoms with E-state index in [0.717, 1.165) is 10.9 Å². The van der Waals surface area contributed by atoms with Crippen LogP contribution in [0.3, 0.4) is 0 Å². The van der Waals surface area contributed by atoms with Crippen LogP contribution < -0.4 is 25.3 Å². The number of hydrogen-bond acceptors (Lipinski definition) is 6. The molecule has 0 fully saturated rings. The number of rotatable bonds is 6. The number of carbonyl (C=O) groups is 1. The highest BCUT2D eigenvalue weighted by molar-refractivity contribution is 5.94. The smallest absolute Gasteiger partial charge is 0.251 e. The van der Waals surface area contributed by atoms with Crippen molar-refractivity contribution in [1.29, 1.82) is 0 Å². The van der Waals surface area contributed by atoms with Crippen LogP contribution in [0.25, 0.3) is 10.9 Å². The average Bonchev–Trinajstić information content (AvgIpc) is 3.15. The number of pyridine rings is 1. The Labute approximate surface area is 156 Å². The highest BCUT2D eigenvalue weighted by Crippen LogP contribution is 2.32. The van der Waals surface area contributed by atoms with Crippen LogP contribution in [0.1, 0.15) is 16.8 Å². The molecule has 4 rings (SSSR count). The average molecular weight is 365 g/mol. The van der Waals surface area contributed by atoms with E-state index in [4.69, 9.17) is 19.9 Å². The molecule has 1 aliphatic heterocycles. The van der Waals surface area contributed by atoms with Crippen molar-refractivity contribution >= 4 is 22.6 Å². The molecule has 0 aliphatic carbocycles. The van der Waals surface area contributed by atoms with Gasteiger partial charge in [-0.15, -0.1) is 0 Å². The lowest BCUT2D eigenvalue weighted by molar-refractivity contribution is 0.0951. The third-order valence-corrected chi connectivity index (χ3v) is 4.20. The Morgan fingerprint density at radius 2 is 2.04 bits per heavy atom. The van der Waals surface area contributed by atoms with E-state index in [1.807, 2.05) is 24.3 Å². The van der Waals surface area contributed by atoms with E-state index in [0.29, 0.717) is 48.2 Å². The number of nitrogens with zero attached hydrogens (tertiary/aromatic N) is 1. The van der Waals surface area contributed by atoms with Crippen LogP contribution in [0, 0.1) is 0 Å². The number of hydrogen-bond donors (Lipinski definition) is 2. The van der Waals surface area contributed by atoms with Gasteiger partial charge in [0.25, 0.3) is 5.91 Å². The Hall–Kier alpha value is -3.48. The lowest BCUT2D eigenvalue weighted by Crippen LogP contribution is -2.25. The molecule has 7 nitrogen and oxygen atoms in total. The van der Waals surface area contributed by atoms with Crippen LogP contribution in [0.5, 0.6) is 17.2 Å². The van der Waals surface area contributed by atoms with Gasteiger partial charge in [0.1, 0.15) is 17.1 Å². The monoisotopic (exact) mass is 365 g/mol. The van der Waals surface area contributed by atoms with Crippen molar-refractivity contribution in [3.8, 4) is 17.2 Å². The van der Waals surface area contributed by atoms with E-state index in [-0.39, 0.29) is 12.7 Å². The predicted molar refractivity (Wildman–Crippen MR) is 101 cm³/mol. The van der Waals surface area contributed by atoms with Gasteiger partial charge in [-0.25, -0.2) is 4.98 Å². The predicted octanol–water partition coefficient (Wildman–Crippen LogP) is 2.74. The van der Waals surface area contributed by atoms with Crippen molar-refractivity contribution in [2.45, 2.75) is 6.42 Å². The molecule has 3 aromatic rings. The quantitative estimate of drug-likeness (QED) is 0.652. The van der Waals surface area contributed by atoms with Gasteiger partial charge in [-0.1, -0.05) is 12.1 Å². The molecule has 27 heavy (non-hydrogen) atoms. The summed E-state index contributed by atoms with van der Waals surface area (Å²) in [5, 5.41) is 3.84. The van der Waals surface area contributed by atoms with Crippen LogP contribution in [0.4, 0.5) is 5.82 Å². The van der Waals surface area contributed by atoms with Gasteiger partial charge < -0.3 is 25.3 Å². The van der Waals surface area contributed by atoms with Crippen LogP contribution in [-0.4, -0.2) is 30.8 Å². The molecular weight excluding hydrogens is 346 g/mol. The standard InChI is InChI=1S/C20H19N3O4/c21-18-8-6-13-3-1-4-16(19(13)23-18)25-10-2-9-22-20(24)14-5-7-15-17(11-14)27-12-26-15/h1,3-8,11H,2,9-10,12H2,(H2,21,23)(H,22,24). The van der Waals surface area contributed by atoms with Crippen LogP contribution in [-0.2, 0) is 0 Å². The molecule has 0 saturated heterocycles. The number of para-hydroxylation sites is 1. The third kappa shape index (κ3) is 3.72. The number of carbonyl (C=O) groups excluding carboxylic acids is 1. The van der Waals surface area contributed by atoms with E-state index < -0.39 is 0 Å². The maximum atomic E-state index is 12.2. The molecule has 0 unspecified atom stereocenters. The number of amides is 1. The highest BCUT2D eigenvalue weighted by atomic mass is 16.7. The number of ether oxygens (including phenoxy) is 3. The van der Waals surface area contributed by atoms with Gasteiger partial charge in [-0.2, -0.15) is 0 Å². The maximum Gasteiger partial charge on any atom is 0.251 e. The van der Waals surface area contributed by atoms with Gasteiger partial charge in [0, 0.05) is 17.5 Å². The van der Waals surface area contributed by atoms with E-state index in [1.54, 1.807) is 24.3 Å². The molecule has 2 aromatic carbocycles. The molecular formula is C20H19N3O4. The van der Waals surface area contributed by atoms with Crippen molar-refractivity contribution in [1.82, 2.24) is 10.3 Å². The fourth-order valence-electron chi connectivity index (χ4n) is 2.85. The Kier molecular flexibility index (Phi) is 4.65. The number of nitrogens with one attached hydrogen (secondary N) is 1. The summed E-state index contributed by atoms with van der Waals surface area (Å²) in [5.74, 6) is 2.22. The lowest BCUT2D eigenvalue weighted by Gasteiger charge is -2.10. The minimum absolute atomic E-state index is 0.159. The van der Waals surface area contributed by atoms with Gasteiger partial charge in [0.2, 0.25) is 6.79 Å². The second-order valence-corrected chi connectivity index (χ2v) is 6.09. The zero-order chi connectivity index (χ0) is 18.6. The van der Waals surface area contributed by atoms with Crippen molar-refractivity contribution in [2.75, 3.05) is 25.7 Å². The summed E-state index contributed by atoms with van der Waals surface area (Å²) in [6, 6.07) is 14.5.